The summed E-state index contributed by atoms with van der Waals surface area (Å²) in [4.78, 5) is 25.6. The Morgan fingerprint density at radius 1 is 1.44 bits per heavy atom. The zero-order chi connectivity index (χ0) is 13.1. The minimum atomic E-state index is -0.683. The smallest absolute Gasteiger partial charge is 0.345 e. The number of allylic oxidation sites excluding steroid dienone is 1. The Bertz CT molecular complexity index is 269. The van der Waals surface area contributed by atoms with Crippen LogP contribution in [0.4, 0.5) is 0 Å². The van der Waals surface area contributed by atoms with E-state index in [9.17, 15) is 9.59 Å². The molecule has 0 aliphatic rings. The molecule has 0 aromatic rings. The summed E-state index contributed by atoms with van der Waals surface area (Å²) in [5, 5.41) is 7.84. The van der Waals surface area contributed by atoms with Crippen LogP contribution in [0.5, 0.6) is 0 Å². The minimum Gasteiger partial charge on any atom is -0.345 e. The van der Waals surface area contributed by atoms with Crippen LogP contribution in [0.1, 0.15) is 20.3 Å². The zero-order valence-electron chi connectivity index (χ0n) is 10.2. The van der Waals surface area contributed by atoms with Gasteiger partial charge >= 0.3 is 5.97 Å². The topological polar surface area (TPSA) is 66.8 Å². The first kappa shape index (κ1) is 16.8. The van der Waals surface area contributed by atoms with Gasteiger partial charge in [0.1, 0.15) is 0 Å². The summed E-state index contributed by atoms with van der Waals surface area (Å²) in [6, 6.07) is 0. The highest BCUT2D eigenvalue weighted by atomic mass is 17.1. The molecule has 0 fully saturated rings. The van der Waals surface area contributed by atoms with Gasteiger partial charge in [0.15, 0.2) is 0 Å². The molecule has 0 aromatic carbocycles. The number of hydrogen-bond donors (Lipinski definition) is 1. The lowest BCUT2D eigenvalue weighted by Crippen LogP contribution is -2.18. The number of amides is 1. The molecule has 0 heterocycles. The SMILES string of the molecule is C=CC(=O)N(C)C.CCC=C(C)C(=O)OO. The van der Waals surface area contributed by atoms with Crippen molar-refractivity contribution in [3.05, 3.63) is 24.3 Å². The van der Waals surface area contributed by atoms with Crippen LogP contribution in [0, 0.1) is 0 Å². The maximum Gasteiger partial charge on any atom is 0.368 e. The van der Waals surface area contributed by atoms with Gasteiger partial charge < -0.3 is 4.90 Å². The lowest BCUT2D eigenvalue weighted by Gasteiger charge is -2.03. The third-order valence-electron chi connectivity index (χ3n) is 1.53. The van der Waals surface area contributed by atoms with E-state index in [1.54, 1.807) is 27.1 Å². The van der Waals surface area contributed by atoms with Crippen LogP contribution in [0.15, 0.2) is 24.3 Å². The lowest BCUT2D eigenvalue weighted by atomic mass is 10.2. The van der Waals surface area contributed by atoms with Gasteiger partial charge in [0, 0.05) is 19.7 Å². The Labute approximate surface area is 95.9 Å². The molecule has 92 valence electrons. The normalized spacial score (nSPS) is 9.69. The maximum absolute atomic E-state index is 10.4. The summed E-state index contributed by atoms with van der Waals surface area (Å²) in [5.74, 6) is -0.739. The van der Waals surface area contributed by atoms with E-state index >= 15 is 0 Å². The van der Waals surface area contributed by atoms with Gasteiger partial charge in [-0.05, 0) is 19.4 Å². The number of nitrogens with zero attached hydrogens (tertiary/aromatic N) is 1. The Morgan fingerprint density at radius 3 is 2.12 bits per heavy atom. The highest BCUT2D eigenvalue weighted by Gasteiger charge is 2.01. The Kier molecular flexibility index (Phi) is 10.4. The van der Waals surface area contributed by atoms with Crippen molar-refractivity contribution in [2.45, 2.75) is 20.3 Å². The Balaban J connectivity index is 0. The fourth-order valence-electron chi connectivity index (χ4n) is 0.644. The van der Waals surface area contributed by atoms with E-state index in [0.29, 0.717) is 5.57 Å². The van der Waals surface area contributed by atoms with Gasteiger partial charge in [-0.1, -0.05) is 19.6 Å². The molecule has 0 rings (SSSR count). The molecule has 1 N–H and O–H groups in total. The molecule has 0 saturated heterocycles. The molecule has 0 aliphatic heterocycles. The summed E-state index contributed by atoms with van der Waals surface area (Å²) in [6.07, 6.45) is 3.72. The highest BCUT2D eigenvalue weighted by Crippen LogP contribution is 1.95. The van der Waals surface area contributed by atoms with Crippen LogP contribution in [0.3, 0.4) is 0 Å². The fourth-order valence-corrected chi connectivity index (χ4v) is 0.644. The first-order valence-corrected chi connectivity index (χ1v) is 4.76. The van der Waals surface area contributed by atoms with Crippen molar-refractivity contribution in [3.8, 4) is 0 Å². The fraction of sp³-hybridized carbons (Fsp3) is 0.455. The van der Waals surface area contributed by atoms with Gasteiger partial charge in [0.25, 0.3) is 0 Å². The molecular weight excluding hydrogens is 210 g/mol. The first-order chi connectivity index (χ1) is 7.40. The van der Waals surface area contributed by atoms with E-state index in [1.165, 1.54) is 11.0 Å². The molecule has 0 aliphatic carbocycles. The van der Waals surface area contributed by atoms with Crippen LogP contribution in [-0.2, 0) is 14.5 Å². The standard InChI is InChI=1S/C6H10O3.C5H9NO/c1-3-4-5(2)6(7)9-8;1-4-5(7)6(2)3/h4,8H,3H2,1-2H3;4H,1H2,2-3H3. The van der Waals surface area contributed by atoms with Crippen molar-refractivity contribution in [3.63, 3.8) is 0 Å². The number of hydrogen-bond acceptors (Lipinski definition) is 4. The van der Waals surface area contributed by atoms with Gasteiger partial charge in [-0.3, -0.25) is 9.68 Å². The molecule has 1 amide bonds. The zero-order valence-corrected chi connectivity index (χ0v) is 10.2. The molecule has 5 heteroatoms. The third kappa shape index (κ3) is 8.96. The second kappa shape index (κ2) is 9.92. The number of likely N-dealkylation sites (N-methyl/N-ethyl adjacent to an activating group) is 1. The van der Waals surface area contributed by atoms with Gasteiger partial charge in [-0.15, -0.1) is 0 Å². The van der Waals surface area contributed by atoms with Crippen molar-refractivity contribution >= 4 is 11.9 Å². The predicted molar refractivity (Wildman–Crippen MR) is 61.7 cm³/mol. The lowest BCUT2D eigenvalue weighted by molar-refractivity contribution is -0.229. The van der Waals surface area contributed by atoms with Gasteiger partial charge in [-0.2, -0.15) is 5.26 Å². The van der Waals surface area contributed by atoms with E-state index in [1.807, 2.05) is 6.92 Å². The summed E-state index contributed by atoms with van der Waals surface area (Å²) >= 11 is 0. The third-order valence-corrected chi connectivity index (χ3v) is 1.53. The van der Waals surface area contributed by atoms with Crippen molar-refractivity contribution in [2.75, 3.05) is 14.1 Å². The first-order valence-electron chi connectivity index (χ1n) is 4.76. The number of rotatable bonds is 3. The molecule has 0 unspecified atom stereocenters. The van der Waals surface area contributed by atoms with Crippen molar-refractivity contribution in [2.24, 2.45) is 0 Å². The van der Waals surface area contributed by atoms with E-state index in [4.69, 9.17) is 5.26 Å². The predicted octanol–water partition coefficient (Wildman–Crippen LogP) is 1.62. The van der Waals surface area contributed by atoms with E-state index < -0.39 is 5.97 Å². The molecule has 16 heavy (non-hydrogen) atoms. The van der Waals surface area contributed by atoms with E-state index in [0.717, 1.165) is 6.42 Å². The quantitative estimate of drug-likeness (QED) is 0.453. The van der Waals surface area contributed by atoms with Crippen LogP contribution in [0.25, 0.3) is 0 Å². The van der Waals surface area contributed by atoms with E-state index in [-0.39, 0.29) is 5.91 Å². The van der Waals surface area contributed by atoms with Crippen LogP contribution in [0.2, 0.25) is 0 Å². The molecular formula is C11H19NO4. The number of carbonyl (C=O) groups excluding carboxylic acids is 2. The molecule has 0 spiro atoms. The summed E-state index contributed by atoms with van der Waals surface area (Å²) < 4.78 is 0. The molecule has 0 bridgehead atoms. The second-order valence-corrected chi connectivity index (χ2v) is 3.11. The van der Waals surface area contributed by atoms with Crippen molar-refractivity contribution in [1.82, 2.24) is 4.90 Å². The molecule has 0 saturated carbocycles. The Hall–Kier alpha value is -1.62. The molecule has 0 radical (unpaired) electrons. The molecule has 5 nitrogen and oxygen atoms in total. The largest absolute Gasteiger partial charge is 0.368 e. The summed E-state index contributed by atoms with van der Waals surface area (Å²) in [7, 11) is 3.37. The van der Waals surface area contributed by atoms with Crippen LogP contribution < -0.4 is 0 Å². The van der Waals surface area contributed by atoms with E-state index in [2.05, 4.69) is 11.5 Å². The second-order valence-electron chi connectivity index (χ2n) is 3.11. The van der Waals surface area contributed by atoms with Crippen molar-refractivity contribution in [1.29, 1.82) is 0 Å². The maximum atomic E-state index is 10.4. The number of carbonyl (C=O) groups is 2. The van der Waals surface area contributed by atoms with Crippen molar-refractivity contribution < 1.29 is 19.7 Å². The van der Waals surface area contributed by atoms with Gasteiger partial charge in [-0.25, -0.2) is 4.79 Å². The average molecular weight is 229 g/mol. The van der Waals surface area contributed by atoms with Crippen LogP contribution >= 0.6 is 0 Å². The average Bonchev–Trinajstić information content (AvgIpc) is 2.27. The molecule has 0 aromatic heterocycles. The minimum absolute atomic E-state index is 0.0556. The van der Waals surface area contributed by atoms with Gasteiger partial charge in [0.05, 0.1) is 0 Å². The molecule has 0 atom stereocenters. The summed E-state index contributed by atoms with van der Waals surface area (Å²) in [5.41, 5.74) is 0.431. The summed E-state index contributed by atoms with van der Waals surface area (Å²) in [6.45, 7) is 6.77. The van der Waals surface area contributed by atoms with Crippen LogP contribution in [-0.4, -0.2) is 36.1 Å². The monoisotopic (exact) mass is 229 g/mol. The highest BCUT2D eigenvalue weighted by molar-refractivity contribution is 5.87. The Morgan fingerprint density at radius 2 is 1.94 bits per heavy atom. The van der Waals surface area contributed by atoms with Gasteiger partial charge in [0.2, 0.25) is 5.91 Å².